The van der Waals surface area contributed by atoms with Crippen molar-refractivity contribution in [2.75, 3.05) is 7.11 Å². The highest BCUT2D eigenvalue weighted by atomic mass is 31.2. The van der Waals surface area contributed by atoms with Crippen molar-refractivity contribution in [3.63, 3.8) is 0 Å². The number of ether oxygens (including phenoxy) is 1. The molecule has 5 aromatic rings. The summed E-state index contributed by atoms with van der Waals surface area (Å²) in [7, 11) is -0.235. The average Bonchev–Trinajstić information content (AvgIpc) is 3.20. The van der Waals surface area contributed by atoms with Crippen LogP contribution in [0.25, 0.3) is 33.1 Å². The molecule has 6 nitrogen and oxygen atoms in total. The number of terminal acetylenes is 1. The maximum absolute atomic E-state index is 13.3. The van der Waals surface area contributed by atoms with E-state index in [1.807, 2.05) is 49.5 Å². The lowest BCUT2D eigenvalue weighted by molar-refractivity contribution is 0.410. The number of fused-ring (bicyclic) bond motifs is 3. The molecular formula is C27H22N3O3P. The van der Waals surface area contributed by atoms with Crippen molar-refractivity contribution in [3.05, 3.63) is 84.1 Å². The summed E-state index contributed by atoms with van der Waals surface area (Å²) in [6.07, 6.45) is 7.24. The van der Waals surface area contributed by atoms with E-state index in [1.165, 1.54) is 0 Å². The van der Waals surface area contributed by atoms with Crippen LogP contribution in [0.5, 0.6) is 5.75 Å². The van der Waals surface area contributed by atoms with Gasteiger partial charge in [0.15, 0.2) is 0 Å². The fraction of sp³-hybridized carbons (Fsp3) is 0.111. The summed E-state index contributed by atoms with van der Waals surface area (Å²) in [6, 6.07) is 20.1. The van der Waals surface area contributed by atoms with Crippen molar-refractivity contribution in [2.24, 2.45) is 7.05 Å². The van der Waals surface area contributed by atoms with Gasteiger partial charge in [0.05, 0.1) is 30.5 Å². The number of aromatic nitrogens is 3. The quantitative estimate of drug-likeness (QED) is 0.295. The molecule has 1 unspecified atom stereocenters. The highest BCUT2D eigenvalue weighted by molar-refractivity contribution is 7.65. The minimum atomic E-state index is -3.66. The molecule has 0 saturated carbocycles. The van der Waals surface area contributed by atoms with E-state index in [0.717, 1.165) is 38.6 Å². The predicted molar refractivity (Wildman–Crippen MR) is 136 cm³/mol. The van der Waals surface area contributed by atoms with Crippen molar-refractivity contribution in [3.8, 4) is 29.4 Å². The summed E-state index contributed by atoms with van der Waals surface area (Å²) in [6.45, 7) is 0. The normalized spacial score (nSPS) is 13.0. The van der Waals surface area contributed by atoms with E-state index < -0.39 is 7.37 Å². The third-order valence-corrected chi connectivity index (χ3v) is 7.83. The monoisotopic (exact) mass is 467 g/mol. The molecule has 0 fully saturated rings. The number of rotatable bonds is 5. The molecule has 0 aliphatic rings. The Morgan fingerprint density at radius 1 is 1.12 bits per heavy atom. The Balaban J connectivity index is 1.73. The van der Waals surface area contributed by atoms with Gasteiger partial charge in [-0.15, -0.1) is 6.42 Å². The van der Waals surface area contributed by atoms with Crippen molar-refractivity contribution in [1.29, 1.82) is 0 Å². The topological polar surface area (TPSA) is 77.2 Å². The van der Waals surface area contributed by atoms with Gasteiger partial charge in [0.25, 0.3) is 0 Å². The molecule has 168 valence electrons. The zero-order valence-electron chi connectivity index (χ0n) is 18.8. The first-order chi connectivity index (χ1) is 16.4. The van der Waals surface area contributed by atoms with Crippen LogP contribution in [0, 0.1) is 12.3 Å². The third-order valence-electron chi connectivity index (χ3n) is 5.95. The summed E-state index contributed by atoms with van der Waals surface area (Å²) in [5.41, 5.74) is 4.72. The van der Waals surface area contributed by atoms with Crippen LogP contribution in [0.3, 0.4) is 0 Å². The molecule has 2 heterocycles. The largest absolute Gasteiger partial charge is 0.496 e. The molecule has 7 heteroatoms. The van der Waals surface area contributed by atoms with Crippen molar-refractivity contribution < 1.29 is 14.2 Å². The molecule has 0 spiro atoms. The average molecular weight is 467 g/mol. The lowest BCUT2D eigenvalue weighted by Crippen LogP contribution is -2.06. The highest BCUT2D eigenvalue weighted by Crippen LogP contribution is 2.46. The molecule has 0 bridgehead atoms. The van der Waals surface area contributed by atoms with E-state index in [2.05, 4.69) is 10.9 Å². The van der Waals surface area contributed by atoms with Gasteiger partial charge in [-0.1, -0.05) is 36.3 Å². The Kier molecular flexibility index (Phi) is 5.45. The number of nitrogens with zero attached hydrogens (tertiary/aromatic N) is 3. The molecule has 0 aliphatic carbocycles. The van der Waals surface area contributed by atoms with Crippen LogP contribution in [-0.2, 0) is 17.8 Å². The lowest BCUT2D eigenvalue weighted by Gasteiger charge is -2.15. The van der Waals surface area contributed by atoms with Gasteiger partial charge in [0, 0.05) is 45.9 Å². The summed E-state index contributed by atoms with van der Waals surface area (Å²) in [4.78, 5) is 15.5. The molecule has 0 amide bonds. The van der Waals surface area contributed by atoms with Crippen LogP contribution >= 0.6 is 7.37 Å². The maximum Gasteiger partial charge on any atom is 0.234 e. The van der Waals surface area contributed by atoms with E-state index in [1.54, 1.807) is 42.3 Å². The number of benzene rings is 3. The molecule has 0 saturated heterocycles. The zero-order valence-corrected chi connectivity index (χ0v) is 19.7. The Labute approximate surface area is 197 Å². The smallest absolute Gasteiger partial charge is 0.234 e. The van der Waals surface area contributed by atoms with Gasteiger partial charge in [-0.3, -0.25) is 14.2 Å². The number of aryl methyl sites for hydroxylation is 1. The van der Waals surface area contributed by atoms with Crippen LogP contribution in [0.4, 0.5) is 0 Å². The van der Waals surface area contributed by atoms with E-state index in [-0.39, 0.29) is 6.16 Å². The summed E-state index contributed by atoms with van der Waals surface area (Å²) >= 11 is 0. The third kappa shape index (κ3) is 3.76. The Bertz CT molecular complexity index is 1620. The van der Waals surface area contributed by atoms with E-state index in [0.29, 0.717) is 16.6 Å². The first kappa shape index (κ1) is 21.9. The van der Waals surface area contributed by atoms with Crippen molar-refractivity contribution in [2.45, 2.75) is 6.16 Å². The van der Waals surface area contributed by atoms with E-state index >= 15 is 0 Å². The first-order valence-corrected chi connectivity index (χ1v) is 12.5. The zero-order chi connectivity index (χ0) is 23.9. The Morgan fingerprint density at radius 2 is 1.85 bits per heavy atom. The minimum Gasteiger partial charge on any atom is -0.496 e. The van der Waals surface area contributed by atoms with Gasteiger partial charge in [-0.25, -0.2) is 0 Å². The van der Waals surface area contributed by atoms with Gasteiger partial charge in [-0.2, -0.15) is 5.10 Å². The lowest BCUT2D eigenvalue weighted by atomic mass is 10.0. The first-order valence-electron chi connectivity index (χ1n) is 10.7. The number of hydrogen-bond acceptors (Lipinski definition) is 4. The second kappa shape index (κ2) is 8.46. The standard InChI is InChI=1S/C27H22N3O3P/c1-4-18-10-12-19(13-11-18)27-26-22-14-20(17-34(31,32)21-8-6-5-7-9-21)25(33-3)15-23(22)28-16-24(26)30(2)29-27/h1,5-16H,17H2,2-3H3,(H,31,32). The molecule has 34 heavy (non-hydrogen) atoms. The molecule has 5 rings (SSSR count). The summed E-state index contributed by atoms with van der Waals surface area (Å²) < 4.78 is 20.6. The molecule has 1 atom stereocenters. The van der Waals surface area contributed by atoms with Crippen LogP contribution in [-0.4, -0.2) is 26.8 Å². The van der Waals surface area contributed by atoms with E-state index in [4.69, 9.17) is 16.3 Å². The van der Waals surface area contributed by atoms with Crippen molar-refractivity contribution in [1.82, 2.24) is 14.8 Å². The van der Waals surface area contributed by atoms with Crippen molar-refractivity contribution >= 4 is 34.5 Å². The highest BCUT2D eigenvalue weighted by Gasteiger charge is 2.25. The minimum absolute atomic E-state index is 0.0566. The fourth-order valence-electron chi connectivity index (χ4n) is 4.23. The van der Waals surface area contributed by atoms with Gasteiger partial charge >= 0.3 is 0 Å². The second-order valence-corrected chi connectivity index (χ2v) is 10.3. The SMILES string of the molecule is C#Cc1ccc(-c2nn(C)c3cnc4cc(OC)c(CP(=O)(O)c5ccccc5)cc4c23)cc1. The molecule has 0 aliphatic heterocycles. The molecule has 1 N–H and O–H groups in total. The predicted octanol–water partition coefficient (Wildman–Crippen LogP) is 4.87. The summed E-state index contributed by atoms with van der Waals surface area (Å²) in [5.74, 6) is 3.15. The van der Waals surface area contributed by atoms with Gasteiger partial charge in [-0.05, 0) is 30.3 Å². The van der Waals surface area contributed by atoms with Gasteiger partial charge in [0.1, 0.15) is 11.4 Å². The number of hydrogen-bond donors (Lipinski definition) is 1. The number of pyridine rings is 1. The van der Waals surface area contributed by atoms with Crippen LogP contribution in [0.1, 0.15) is 11.1 Å². The molecule has 0 radical (unpaired) electrons. The van der Waals surface area contributed by atoms with Crippen LogP contribution in [0.15, 0.2) is 72.9 Å². The van der Waals surface area contributed by atoms with Crippen LogP contribution in [0.2, 0.25) is 0 Å². The van der Waals surface area contributed by atoms with Crippen LogP contribution < -0.4 is 10.0 Å². The molecular weight excluding hydrogens is 445 g/mol. The Morgan fingerprint density at radius 3 is 2.53 bits per heavy atom. The second-order valence-electron chi connectivity index (χ2n) is 8.09. The molecule has 2 aromatic heterocycles. The molecule has 3 aromatic carbocycles. The van der Waals surface area contributed by atoms with Gasteiger partial charge in [0.2, 0.25) is 7.37 Å². The van der Waals surface area contributed by atoms with Gasteiger partial charge < -0.3 is 9.63 Å². The van der Waals surface area contributed by atoms with E-state index in [9.17, 15) is 9.46 Å². The fourth-order valence-corrected chi connectivity index (χ4v) is 5.75. The number of methoxy groups -OCH3 is 1. The Hall–Kier alpha value is -3.91. The summed E-state index contributed by atoms with van der Waals surface area (Å²) in [5, 5.41) is 6.91. The maximum atomic E-state index is 13.3.